The van der Waals surface area contributed by atoms with Crippen LogP contribution in [0.25, 0.3) is 0 Å². The third-order valence-corrected chi connectivity index (χ3v) is 4.16. The van der Waals surface area contributed by atoms with E-state index in [4.69, 9.17) is 10.5 Å². The number of rotatable bonds is 6. The molecule has 16 heavy (non-hydrogen) atoms. The van der Waals surface area contributed by atoms with Crippen LogP contribution in [-0.2, 0) is 9.53 Å². The lowest BCUT2D eigenvalue weighted by Gasteiger charge is -2.17. The minimum absolute atomic E-state index is 0.0721. The van der Waals surface area contributed by atoms with E-state index in [1.54, 1.807) is 0 Å². The molecule has 1 aliphatic carbocycles. The Labute approximate surface area is 102 Å². The summed E-state index contributed by atoms with van der Waals surface area (Å²) in [4.78, 5) is 11.7. The Balaban J connectivity index is 2.30. The Morgan fingerprint density at radius 3 is 2.94 bits per heavy atom. The SMILES string of the molecule is CCSC1CCC(NC(=O)C(CN)OC)C1. The zero-order valence-electron chi connectivity index (χ0n) is 10.1. The second kappa shape index (κ2) is 7.14. The fourth-order valence-corrected chi connectivity index (χ4v) is 3.21. The van der Waals surface area contributed by atoms with Crippen molar-refractivity contribution in [2.24, 2.45) is 5.73 Å². The van der Waals surface area contributed by atoms with E-state index < -0.39 is 6.10 Å². The molecule has 0 aromatic rings. The van der Waals surface area contributed by atoms with Gasteiger partial charge in [-0.3, -0.25) is 4.79 Å². The van der Waals surface area contributed by atoms with Crippen molar-refractivity contribution >= 4 is 17.7 Å². The van der Waals surface area contributed by atoms with E-state index in [0.717, 1.165) is 18.6 Å². The first kappa shape index (κ1) is 13.8. The van der Waals surface area contributed by atoms with Gasteiger partial charge < -0.3 is 15.8 Å². The summed E-state index contributed by atoms with van der Waals surface area (Å²) in [7, 11) is 1.52. The van der Waals surface area contributed by atoms with E-state index in [-0.39, 0.29) is 12.5 Å². The van der Waals surface area contributed by atoms with Gasteiger partial charge in [-0.25, -0.2) is 0 Å². The topological polar surface area (TPSA) is 64.4 Å². The van der Waals surface area contributed by atoms with Crippen LogP contribution in [-0.4, -0.2) is 42.7 Å². The van der Waals surface area contributed by atoms with Crippen LogP contribution in [0.15, 0.2) is 0 Å². The standard InChI is InChI=1S/C11H22N2O2S/c1-3-16-9-5-4-8(6-9)13-11(14)10(7-12)15-2/h8-10H,3-7,12H2,1-2H3,(H,13,14). The number of thioether (sulfide) groups is 1. The van der Waals surface area contributed by atoms with E-state index in [2.05, 4.69) is 12.2 Å². The molecular formula is C11H22N2O2S. The molecule has 5 heteroatoms. The molecule has 4 nitrogen and oxygen atoms in total. The number of amides is 1. The summed E-state index contributed by atoms with van der Waals surface area (Å²) < 4.78 is 5.00. The minimum Gasteiger partial charge on any atom is -0.370 e. The van der Waals surface area contributed by atoms with Crippen molar-refractivity contribution in [1.82, 2.24) is 5.32 Å². The van der Waals surface area contributed by atoms with Gasteiger partial charge in [0.15, 0.2) is 0 Å². The van der Waals surface area contributed by atoms with Crippen LogP contribution >= 0.6 is 11.8 Å². The maximum Gasteiger partial charge on any atom is 0.250 e. The summed E-state index contributed by atoms with van der Waals surface area (Å²) in [5, 5.41) is 3.71. The maximum absolute atomic E-state index is 11.7. The molecule has 1 fully saturated rings. The van der Waals surface area contributed by atoms with Crippen LogP contribution in [0.5, 0.6) is 0 Å². The molecule has 1 amide bonds. The number of carbonyl (C=O) groups is 1. The summed E-state index contributed by atoms with van der Waals surface area (Å²) in [6.07, 6.45) is 2.84. The fourth-order valence-electron chi connectivity index (χ4n) is 2.06. The van der Waals surface area contributed by atoms with Crippen LogP contribution in [0, 0.1) is 0 Å². The molecule has 3 atom stereocenters. The van der Waals surface area contributed by atoms with Gasteiger partial charge in [-0.2, -0.15) is 11.8 Å². The van der Waals surface area contributed by atoms with Gasteiger partial charge in [0, 0.05) is 24.9 Å². The molecule has 0 heterocycles. The van der Waals surface area contributed by atoms with Gasteiger partial charge in [0.05, 0.1) is 0 Å². The maximum atomic E-state index is 11.7. The quantitative estimate of drug-likeness (QED) is 0.726. The van der Waals surface area contributed by atoms with Crippen molar-refractivity contribution in [3.05, 3.63) is 0 Å². The summed E-state index contributed by atoms with van der Waals surface area (Å²) in [6, 6.07) is 0.306. The highest BCUT2D eigenvalue weighted by Crippen LogP contribution is 2.29. The van der Waals surface area contributed by atoms with Crippen molar-refractivity contribution in [2.75, 3.05) is 19.4 Å². The van der Waals surface area contributed by atoms with Gasteiger partial charge in [0.2, 0.25) is 0 Å². The van der Waals surface area contributed by atoms with Gasteiger partial charge in [-0.1, -0.05) is 6.92 Å². The van der Waals surface area contributed by atoms with E-state index in [1.165, 1.54) is 13.5 Å². The van der Waals surface area contributed by atoms with Gasteiger partial charge >= 0.3 is 0 Å². The average molecular weight is 246 g/mol. The molecule has 94 valence electrons. The van der Waals surface area contributed by atoms with Crippen molar-refractivity contribution < 1.29 is 9.53 Å². The van der Waals surface area contributed by atoms with Crippen molar-refractivity contribution in [3.63, 3.8) is 0 Å². The first-order chi connectivity index (χ1) is 7.71. The smallest absolute Gasteiger partial charge is 0.250 e. The van der Waals surface area contributed by atoms with Gasteiger partial charge in [-0.05, 0) is 25.0 Å². The lowest BCUT2D eigenvalue weighted by Crippen LogP contribution is -2.44. The molecular weight excluding hydrogens is 224 g/mol. The van der Waals surface area contributed by atoms with Gasteiger partial charge in [0.25, 0.3) is 5.91 Å². The van der Waals surface area contributed by atoms with Crippen LogP contribution in [0.4, 0.5) is 0 Å². The highest BCUT2D eigenvalue weighted by Gasteiger charge is 2.27. The van der Waals surface area contributed by atoms with Crippen LogP contribution in [0.3, 0.4) is 0 Å². The van der Waals surface area contributed by atoms with Crippen LogP contribution in [0.1, 0.15) is 26.2 Å². The molecule has 1 saturated carbocycles. The molecule has 0 radical (unpaired) electrons. The zero-order valence-corrected chi connectivity index (χ0v) is 10.9. The van der Waals surface area contributed by atoms with Gasteiger partial charge in [0.1, 0.15) is 6.10 Å². The number of methoxy groups -OCH3 is 1. The average Bonchev–Trinajstić information content (AvgIpc) is 2.68. The molecule has 1 rings (SSSR count). The Morgan fingerprint density at radius 2 is 2.38 bits per heavy atom. The van der Waals surface area contributed by atoms with E-state index in [1.807, 2.05) is 11.8 Å². The Bertz CT molecular complexity index is 222. The van der Waals surface area contributed by atoms with Crippen LogP contribution in [0.2, 0.25) is 0 Å². The Morgan fingerprint density at radius 1 is 1.62 bits per heavy atom. The predicted molar refractivity (Wildman–Crippen MR) is 67.6 cm³/mol. The third-order valence-electron chi connectivity index (χ3n) is 2.92. The molecule has 0 spiro atoms. The van der Waals surface area contributed by atoms with Crippen molar-refractivity contribution in [3.8, 4) is 0 Å². The minimum atomic E-state index is -0.502. The van der Waals surface area contributed by atoms with Crippen LogP contribution < -0.4 is 11.1 Å². The molecule has 0 aromatic carbocycles. The summed E-state index contributed by atoms with van der Waals surface area (Å²) in [5.41, 5.74) is 5.44. The number of nitrogens with two attached hydrogens (primary N) is 1. The molecule has 1 aliphatic rings. The number of ether oxygens (including phenoxy) is 1. The zero-order chi connectivity index (χ0) is 12.0. The normalized spacial score (nSPS) is 26.7. The predicted octanol–water partition coefficient (Wildman–Crippen LogP) is 0.750. The second-order valence-corrected chi connectivity index (χ2v) is 5.63. The van der Waals surface area contributed by atoms with E-state index in [9.17, 15) is 4.79 Å². The first-order valence-electron chi connectivity index (χ1n) is 5.86. The number of hydrogen-bond donors (Lipinski definition) is 2. The van der Waals surface area contributed by atoms with E-state index >= 15 is 0 Å². The number of carbonyl (C=O) groups excluding carboxylic acids is 1. The number of nitrogens with one attached hydrogen (secondary N) is 1. The molecule has 3 N–H and O–H groups in total. The molecule has 0 aromatic heterocycles. The second-order valence-electron chi connectivity index (χ2n) is 4.06. The highest BCUT2D eigenvalue weighted by atomic mass is 32.2. The summed E-state index contributed by atoms with van der Waals surface area (Å²) in [6.45, 7) is 2.41. The lowest BCUT2D eigenvalue weighted by atomic mass is 10.2. The molecule has 0 saturated heterocycles. The fraction of sp³-hybridized carbons (Fsp3) is 0.909. The summed E-state index contributed by atoms with van der Waals surface area (Å²) >= 11 is 1.98. The largest absolute Gasteiger partial charge is 0.370 e. The first-order valence-corrected chi connectivity index (χ1v) is 6.91. The molecule has 3 unspecified atom stereocenters. The van der Waals surface area contributed by atoms with E-state index in [0.29, 0.717) is 11.3 Å². The number of hydrogen-bond acceptors (Lipinski definition) is 4. The lowest BCUT2D eigenvalue weighted by molar-refractivity contribution is -0.131. The van der Waals surface area contributed by atoms with Gasteiger partial charge in [-0.15, -0.1) is 0 Å². The van der Waals surface area contributed by atoms with Crippen molar-refractivity contribution in [2.45, 2.75) is 43.6 Å². The molecule has 0 bridgehead atoms. The summed E-state index contributed by atoms with van der Waals surface area (Å²) in [5.74, 6) is 1.08. The highest BCUT2D eigenvalue weighted by molar-refractivity contribution is 7.99. The molecule has 0 aliphatic heterocycles. The third kappa shape index (κ3) is 3.96. The van der Waals surface area contributed by atoms with Crippen molar-refractivity contribution in [1.29, 1.82) is 0 Å². The Hall–Kier alpha value is -0.260. The monoisotopic (exact) mass is 246 g/mol. The Kier molecular flexibility index (Phi) is 6.16.